The van der Waals surface area contributed by atoms with Gasteiger partial charge in [-0.3, -0.25) is 4.68 Å². The summed E-state index contributed by atoms with van der Waals surface area (Å²) in [6.07, 6.45) is 1.87. The molecule has 0 N–H and O–H groups in total. The molecular weight excluding hydrogens is 124 g/mol. The van der Waals surface area contributed by atoms with E-state index < -0.39 is 0 Å². The van der Waals surface area contributed by atoms with Gasteiger partial charge in [-0.05, 0) is 6.07 Å². The van der Waals surface area contributed by atoms with E-state index in [0.717, 1.165) is 0 Å². The zero-order valence-electron chi connectivity index (χ0n) is 5.78. The minimum Gasteiger partial charge on any atom is -0.268 e. The topological polar surface area (TPSA) is 17.8 Å². The molecule has 0 radical (unpaired) electrons. The number of benzene rings is 1. The van der Waals surface area contributed by atoms with Crippen LogP contribution in [0.15, 0.2) is 30.5 Å². The standard InChI is InChI=1S/C8H8N2/c1-10-8-5-3-2-4-7(8)6-9-10/h2-6H,1H3. The van der Waals surface area contributed by atoms with Crippen molar-refractivity contribution in [2.24, 2.45) is 7.05 Å². The Morgan fingerprint density at radius 2 is 2.10 bits per heavy atom. The van der Waals surface area contributed by atoms with Gasteiger partial charge in [0.1, 0.15) is 0 Å². The fraction of sp³-hybridized carbons (Fsp3) is 0.125. The Kier molecular flexibility index (Phi) is 1.01. The molecule has 0 aliphatic rings. The number of hydrogen-bond acceptors (Lipinski definition) is 1. The van der Waals surface area contributed by atoms with Crippen molar-refractivity contribution in [1.29, 1.82) is 0 Å². The van der Waals surface area contributed by atoms with Gasteiger partial charge in [-0.25, -0.2) is 0 Å². The Labute approximate surface area is 59.1 Å². The highest BCUT2D eigenvalue weighted by Gasteiger charge is 1.93. The predicted octanol–water partition coefficient (Wildman–Crippen LogP) is 1.57. The number of para-hydroxylation sites is 1. The van der Waals surface area contributed by atoms with Gasteiger partial charge >= 0.3 is 0 Å². The maximum Gasteiger partial charge on any atom is 0.0679 e. The zero-order valence-corrected chi connectivity index (χ0v) is 5.78. The predicted molar refractivity (Wildman–Crippen MR) is 40.7 cm³/mol. The Bertz CT molecular complexity index is 349. The van der Waals surface area contributed by atoms with Gasteiger partial charge in [0.25, 0.3) is 0 Å². The molecule has 2 nitrogen and oxygen atoms in total. The molecule has 0 amide bonds. The van der Waals surface area contributed by atoms with Crippen LogP contribution in [0.4, 0.5) is 0 Å². The van der Waals surface area contributed by atoms with E-state index in [-0.39, 0.29) is 0 Å². The third-order valence-electron chi connectivity index (χ3n) is 1.66. The van der Waals surface area contributed by atoms with Crippen molar-refractivity contribution in [1.82, 2.24) is 9.78 Å². The fourth-order valence-electron chi connectivity index (χ4n) is 1.10. The van der Waals surface area contributed by atoms with E-state index in [1.165, 1.54) is 10.9 Å². The molecule has 0 unspecified atom stereocenters. The normalized spacial score (nSPS) is 10.5. The number of aromatic nitrogens is 2. The summed E-state index contributed by atoms with van der Waals surface area (Å²) in [6, 6.07) is 8.15. The molecule has 0 aliphatic heterocycles. The van der Waals surface area contributed by atoms with Gasteiger partial charge in [-0.2, -0.15) is 5.10 Å². The van der Waals surface area contributed by atoms with Gasteiger partial charge < -0.3 is 0 Å². The molecule has 0 spiro atoms. The van der Waals surface area contributed by atoms with Gasteiger partial charge in [0.15, 0.2) is 0 Å². The van der Waals surface area contributed by atoms with Gasteiger partial charge in [0.05, 0.1) is 11.7 Å². The molecule has 0 saturated heterocycles. The van der Waals surface area contributed by atoms with Crippen molar-refractivity contribution in [3.63, 3.8) is 0 Å². The van der Waals surface area contributed by atoms with E-state index in [2.05, 4.69) is 17.2 Å². The van der Waals surface area contributed by atoms with Crippen LogP contribution in [0, 0.1) is 0 Å². The zero-order chi connectivity index (χ0) is 6.97. The highest BCUT2D eigenvalue weighted by atomic mass is 15.2. The molecule has 0 aliphatic carbocycles. The second kappa shape index (κ2) is 1.84. The van der Waals surface area contributed by atoms with Crippen molar-refractivity contribution in [3.05, 3.63) is 30.5 Å². The number of aryl methyl sites for hydroxylation is 1. The average molecular weight is 132 g/mol. The lowest BCUT2D eigenvalue weighted by molar-refractivity contribution is 0.797. The Morgan fingerprint density at radius 1 is 1.30 bits per heavy atom. The molecule has 2 heteroatoms. The van der Waals surface area contributed by atoms with E-state index in [1.54, 1.807) is 0 Å². The summed E-state index contributed by atoms with van der Waals surface area (Å²) in [4.78, 5) is 0. The van der Waals surface area contributed by atoms with E-state index in [0.29, 0.717) is 0 Å². The fourth-order valence-corrected chi connectivity index (χ4v) is 1.10. The monoisotopic (exact) mass is 132 g/mol. The average Bonchev–Trinajstić information content (AvgIpc) is 2.34. The molecule has 2 rings (SSSR count). The van der Waals surface area contributed by atoms with Gasteiger partial charge in [-0.1, -0.05) is 18.2 Å². The molecule has 0 fully saturated rings. The number of rotatable bonds is 0. The van der Waals surface area contributed by atoms with Gasteiger partial charge in [-0.15, -0.1) is 0 Å². The summed E-state index contributed by atoms with van der Waals surface area (Å²) in [5.41, 5.74) is 1.18. The van der Waals surface area contributed by atoms with Crippen LogP contribution >= 0.6 is 0 Å². The van der Waals surface area contributed by atoms with Crippen LogP contribution in [-0.4, -0.2) is 9.78 Å². The maximum absolute atomic E-state index is 4.11. The lowest BCUT2D eigenvalue weighted by atomic mass is 10.3. The van der Waals surface area contributed by atoms with Gasteiger partial charge in [0.2, 0.25) is 0 Å². The first kappa shape index (κ1) is 5.47. The third-order valence-corrected chi connectivity index (χ3v) is 1.66. The highest BCUT2D eigenvalue weighted by molar-refractivity contribution is 5.78. The minimum atomic E-state index is 1.18. The first-order valence-electron chi connectivity index (χ1n) is 3.25. The summed E-state index contributed by atoms with van der Waals surface area (Å²) in [5, 5.41) is 5.31. The van der Waals surface area contributed by atoms with Crippen LogP contribution in [0.25, 0.3) is 10.9 Å². The molecule has 2 aromatic rings. The molecule has 0 atom stereocenters. The first-order valence-corrected chi connectivity index (χ1v) is 3.25. The van der Waals surface area contributed by atoms with E-state index in [4.69, 9.17) is 0 Å². The largest absolute Gasteiger partial charge is 0.268 e. The van der Waals surface area contributed by atoms with Crippen LogP contribution in [0.2, 0.25) is 0 Å². The van der Waals surface area contributed by atoms with Crippen molar-refractivity contribution >= 4 is 10.9 Å². The van der Waals surface area contributed by atoms with E-state index >= 15 is 0 Å². The van der Waals surface area contributed by atoms with Gasteiger partial charge in [0, 0.05) is 12.4 Å². The molecule has 1 aromatic heterocycles. The van der Waals surface area contributed by atoms with E-state index in [1.807, 2.05) is 30.1 Å². The first-order chi connectivity index (χ1) is 4.88. The number of nitrogens with zero attached hydrogens (tertiary/aromatic N) is 2. The Morgan fingerprint density at radius 3 is 2.90 bits per heavy atom. The van der Waals surface area contributed by atoms with Crippen molar-refractivity contribution in [2.75, 3.05) is 0 Å². The third kappa shape index (κ3) is 0.620. The molecule has 50 valence electrons. The minimum absolute atomic E-state index is 1.18. The summed E-state index contributed by atoms with van der Waals surface area (Å²) < 4.78 is 1.87. The smallest absolute Gasteiger partial charge is 0.0679 e. The molecule has 1 heterocycles. The van der Waals surface area contributed by atoms with E-state index in [9.17, 15) is 0 Å². The Balaban J connectivity index is 2.93. The van der Waals surface area contributed by atoms with Crippen LogP contribution < -0.4 is 0 Å². The lowest BCUT2D eigenvalue weighted by Gasteiger charge is -1.90. The maximum atomic E-state index is 4.11. The number of hydrogen-bond donors (Lipinski definition) is 0. The summed E-state index contributed by atoms with van der Waals surface area (Å²) in [6.45, 7) is 0. The molecule has 0 saturated carbocycles. The SMILES string of the molecule is Cn1ncc2ccccc21. The quantitative estimate of drug-likeness (QED) is 0.532. The summed E-state index contributed by atoms with van der Waals surface area (Å²) >= 11 is 0. The van der Waals surface area contributed by atoms with Crippen molar-refractivity contribution < 1.29 is 0 Å². The van der Waals surface area contributed by atoms with Crippen LogP contribution in [0.5, 0.6) is 0 Å². The molecule has 10 heavy (non-hydrogen) atoms. The highest BCUT2D eigenvalue weighted by Crippen LogP contribution is 2.09. The number of fused-ring (bicyclic) bond motifs is 1. The molecule has 0 bridgehead atoms. The van der Waals surface area contributed by atoms with Crippen molar-refractivity contribution in [2.45, 2.75) is 0 Å². The van der Waals surface area contributed by atoms with Crippen LogP contribution in [0.3, 0.4) is 0 Å². The molecular formula is C8H8N2. The van der Waals surface area contributed by atoms with Crippen LogP contribution in [0.1, 0.15) is 0 Å². The van der Waals surface area contributed by atoms with Crippen molar-refractivity contribution in [3.8, 4) is 0 Å². The summed E-state index contributed by atoms with van der Waals surface area (Å²) in [5.74, 6) is 0. The van der Waals surface area contributed by atoms with Crippen LogP contribution in [-0.2, 0) is 7.05 Å². The second-order valence-corrected chi connectivity index (χ2v) is 2.33. The lowest BCUT2D eigenvalue weighted by Crippen LogP contribution is -1.87. The molecule has 1 aromatic carbocycles. The Hall–Kier alpha value is -1.31. The second-order valence-electron chi connectivity index (χ2n) is 2.33. The summed E-state index contributed by atoms with van der Waals surface area (Å²) in [7, 11) is 1.95.